The van der Waals surface area contributed by atoms with Gasteiger partial charge in [-0.1, -0.05) is 36.0 Å². The van der Waals surface area contributed by atoms with Crippen LogP contribution < -0.4 is 10.1 Å². The quantitative estimate of drug-likeness (QED) is 0.373. The number of aromatic nitrogens is 3. The van der Waals surface area contributed by atoms with Gasteiger partial charge in [-0.2, -0.15) is 0 Å². The van der Waals surface area contributed by atoms with E-state index < -0.39 is 11.1 Å². The van der Waals surface area contributed by atoms with Gasteiger partial charge in [0.25, 0.3) is 0 Å². The van der Waals surface area contributed by atoms with Gasteiger partial charge >= 0.3 is 0 Å². The zero-order chi connectivity index (χ0) is 22.5. The minimum Gasteiger partial charge on any atom is -0.483 e. The molecule has 0 fully saturated rings. The monoisotopic (exact) mass is 452 g/mol. The van der Waals surface area contributed by atoms with Crippen LogP contribution in [0.2, 0.25) is 0 Å². The summed E-state index contributed by atoms with van der Waals surface area (Å²) in [5, 5.41) is 11.6. The van der Waals surface area contributed by atoms with E-state index in [4.69, 9.17) is 4.74 Å². The fraction of sp³-hybridized carbons (Fsp3) is 0.292. The van der Waals surface area contributed by atoms with Gasteiger partial charge in [0.05, 0.1) is 5.25 Å². The molecule has 1 heterocycles. The van der Waals surface area contributed by atoms with Crippen LogP contribution in [0, 0.1) is 5.82 Å². The number of nitrogens with one attached hydrogen (secondary N) is 1. The lowest BCUT2D eigenvalue weighted by atomic mass is 10.1. The van der Waals surface area contributed by atoms with E-state index in [2.05, 4.69) is 34.2 Å². The summed E-state index contributed by atoms with van der Waals surface area (Å²) in [4.78, 5) is 12.8. The summed E-state index contributed by atoms with van der Waals surface area (Å²) in [6, 6.07) is 12.3. The summed E-state index contributed by atoms with van der Waals surface area (Å²) in [6.07, 6.45) is 5.06. The molecule has 1 aliphatic carbocycles. The van der Waals surface area contributed by atoms with E-state index >= 15 is 0 Å². The van der Waals surface area contributed by atoms with Crippen LogP contribution in [-0.2, 0) is 30.8 Å². The summed E-state index contributed by atoms with van der Waals surface area (Å²) in [6.45, 7) is 6.11. The molecule has 0 radical (unpaired) electrons. The molecule has 1 aliphatic rings. The van der Waals surface area contributed by atoms with Gasteiger partial charge in [0.15, 0.2) is 22.5 Å². The molecule has 0 spiro atoms. The molecule has 1 atom stereocenters. The summed E-state index contributed by atoms with van der Waals surface area (Å²) in [5.41, 5.74) is 3.50. The van der Waals surface area contributed by atoms with E-state index in [0.717, 1.165) is 18.5 Å². The largest absolute Gasteiger partial charge is 0.483 e. The molecule has 0 aliphatic heterocycles. The number of amides is 1. The fourth-order valence-electron chi connectivity index (χ4n) is 3.63. The molecule has 8 heteroatoms. The molecular formula is C24H25FN4O2S. The van der Waals surface area contributed by atoms with Gasteiger partial charge in [0.1, 0.15) is 6.61 Å². The Morgan fingerprint density at radius 3 is 2.91 bits per heavy atom. The van der Waals surface area contributed by atoms with E-state index in [1.54, 1.807) is 24.3 Å². The standard InChI is InChI=1S/C24H25FN4O2S/c1-3-13-29-22(15-31-21-10-5-4-9-20(21)25)27-28-24(29)32-16(2)23(30)26-19-12-11-17-7-6-8-18(17)14-19/h3-5,9-12,14,16H,1,6-8,13,15H2,2H3,(H,26,30). The number of hydrogen-bond acceptors (Lipinski definition) is 5. The van der Waals surface area contributed by atoms with E-state index in [-0.39, 0.29) is 18.3 Å². The predicted octanol–water partition coefficient (Wildman–Crippen LogP) is 4.79. The molecule has 6 nitrogen and oxygen atoms in total. The van der Waals surface area contributed by atoms with Gasteiger partial charge < -0.3 is 10.1 Å². The first-order chi connectivity index (χ1) is 15.5. The Morgan fingerprint density at radius 1 is 1.28 bits per heavy atom. The fourth-order valence-corrected chi connectivity index (χ4v) is 4.51. The molecule has 1 aromatic heterocycles. The van der Waals surface area contributed by atoms with Crippen molar-refractivity contribution in [3.63, 3.8) is 0 Å². The highest BCUT2D eigenvalue weighted by Crippen LogP contribution is 2.27. The number of thioether (sulfide) groups is 1. The van der Waals surface area contributed by atoms with E-state index in [1.165, 1.54) is 35.4 Å². The highest BCUT2D eigenvalue weighted by atomic mass is 32.2. The Bertz CT molecular complexity index is 1130. The zero-order valence-electron chi connectivity index (χ0n) is 17.9. The second-order valence-electron chi connectivity index (χ2n) is 7.60. The lowest BCUT2D eigenvalue weighted by Gasteiger charge is -2.14. The Morgan fingerprint density at radius 2 is 2.09 bits per heavy atom. The Hall–Kier alpha value is -3.13. The zero-order valence-corrected chi connectivity index (χ0v) is 18.7. The average molecular weight is 453 g/mol. The number of halogens is 1. The predicted molar refractivity (Wildman–Crippen MR) is 123 cm³/mol. The number of benzene rings is 2. The molecule has 3 aromatic rings. The number of allylic oxidation sites excluding steroid dienone is 1. The summed E-state index contributed by atoms with van der Waals surface area (Å²) >= 11 is 1.31. The Kier molecular flexibility index (Phi) is 6.90. The maximum Gasteiger partial charge on any atom is 0.237 e. The number of para-hydroxylation sites is 1. The van der Waals surface area contributed by atoms with E-state index in [1.807, 2.05) is 17.6 Å². The van der Waals surface area contributed by atoms with Crippen molar-refractivity contribution in [2.24, 2.45) is 0 Å². The third-order valence-corrected chi connectivity index (χ3v) is 6.40. The van der Waals surface area contributed by atoms with Crippen molar-refractivity contribution in [2.75, 3.05) is 5.32 Å². The molecule has 1 amide bonds. The van der Waals surface area contributed by atoms with Crippen LogP contribution in [0.1, 0.15) is 30.3 Å². The van der Waals surface area contributed by atoms with Crippen LogP contribution in [0.4, 0.5) is 10.1 Å². The topological polar surface area (TPSA) is 69.0 Å². The van der Waals surface area contributed by atoms with E-state index in [0.29, 0.717) is 17.5 Å². The molecule has 166 valence electrons. The van der Waals surface area contributed by atoms with Crippen molar-refractivity contribution in [1.29, 1.82) is 0 Å². The number of nitrogens with zero attached hydrogens (tertiary/aromatic N) is 3. The first kappa shape index (κ1) is 22.1. The normalized spacial score (nSPS) is 13.4. The minimum atomic E-state index is -0.436. The number of carbonyl (C=O) groups is 1. The maximum absolute atomic E-state index is 13.8. The van der Waals surface area contributed by atoms with Gasteiger partial charge in [0.2, 0.25) is 5.91 Å². The second-order valence-corrected chi connectivity index (χ2v) is 8.91. The molecule has 0 saturated heterocycles. The van der Waals surface area contributed by atoms with Crippen molar-refractivity contribution in [1.82, 2.24) is 14.8 Å². The van der Waals surface area contributed by atoms with Gasteiger partial charge in [0, 0.05) is 12.2 Å². The first-order valence-electron chi connectivity index (χ1n) is 10.5. The van der Waals surface area contributed by atoms with Crippen LogP contribution in [-0.4, -0.2) is 25.9 Å². The molecule has 1 N–H and O–H groups in total. The van der Waals surface area contributed by atoms with Crippen LogP contribution in [0.3, 0.4) is 0 Å². The van der Waals surface area contributed by atoms with Crippen LogP contribution in [0.15, 0.2) is 60.3 Å². The van der Waals surface area contributed by atoms with Gasteiger partial charge in [-0.3, -0.25) is 9.36 Å². The van der Waals surface area contributed by atoms with Crippen molar-refractivity contribution < 1.29 is 13.9 Å². The van der Waals surface area contributed by atoms with Crippen LogP contribution in [0.25, 0.3) is 0 Å². The van der Waals surface area contributed by atoms with Gasteiger partial charge in [-0.25, -0.2) is 4.39 Å². The van der Waals surface area contributed by atoms with Gasteiger partial charge in [-0.15, -0.1) is 16.8 Å². The first-order valence-corrected chi connectivity index (χ1v) is 11.4. The number of fused-ring (bicyclic) bond motifs is 1. The number of aryl methyl sites for hydroxylation is 2. The second kappa shape index (κ2) is 9.99. The number of anilines is 1. The third-order valence-electron chi connectivity index (χ3n) is 5.32. The number of rotatable bonds is 9. The van der Waals surface area contributed by atoms with E-state index in [9.17, 15) is 9.18 Å². The molecular weight excluding hydrogens is 427 g/mol. The molecule has 0 bridgehead atoms. The van der Waals surface area contributed by atoms with Crippen molar-refractivity contribution in [2.45, 2.75) is 49.7 Å². The molecule has 4 rings (SSSR count). The molecule has 0 saturated carbocycles. The summed E-state index contributed by atoms with van der Waals surface area (Å²) in [5.74, 6) is 0.137. The average Bonchev–Trinajstić information content (AvgIpc) is 3.40. The van der Waals surface area contributed by atoms with Crippen LogP contribution >= 0.6 is 11.8 Å². The number of ether oxygens (including phenoxy) is 1. The Labute approximate surface area is 190 Å². The van der Waals surface area contributed by atoms with Gasteiger partial charge in [-0.05, 0) is 61.6 Å². The smallest absolute Gasteiger partial charge is 0.237 e. The molecule has 32 heavy (non-hydrogen) atoms. The molecule has 2 aromatic carbocycles. The summed E-state index contributed by atoms with van der Waals surface area (Å²) < 4.78 is 21.2. The number of hydrogen-bond donors (Lipinski definition) is 1. The summed E-state index contributed by atoms with van der Waals surface area (Å²) in [7, 11) is 0. The Balaban J connectivity index is 1.41. The van der Waals surface area contributed by atoms with Crippen molar-refractivity contribution in [3.8, 4) is 5.75 Å². The third kappa shape index (κ3) is 5.02. The maximum atomic E-state index is 13.8. The lowest BCUT2D eigenvalue weighted by Crippen LogP contribution is -2.23. The lowest BCUT2D eigenvalue weighted by molar-refractivity contribution is -0.115. The van der Waals surface area contributed by atoms with Crippen LogP contribution in [0.5, 0.6) is 5.75 Å². The molecule has 1 unspecified atom stereocenters. The SMILES string of the molecule is C=CCn1c(COc2ccccc2F)nnc1SC(C)C(=O)Nc1ccc2c(c1)CCC2. The van der Waals surface area contributed by atoms with Crippen molar-refractivity contribution in [3.05, 3.63) is 77.9 Å². The minimum absolute atomic E-state index is 0.0536. The highest BCUT2D eigenvalue weighted by Gasteiger charge is 2.21. The number of carbonyl (C=O) groups excluding carboxylic acids is 1. The highest BCUT2D eigenvalue weighted by molar-refractivity contribution is 8.00. The van der Waals surface area contributed by atoms with Crippen molar-refractivity contribution >= 4 is 23.4 Å².